The average molecular weight is 1900 g/mol. The van der Waals surface area contributed by atoms with Gasteiger partial charge < -0.3 is 56.8 Å². The highest BCUT2D eigenvalue weighted by molar-refractivity contribution is 5.96. The fourth-order valence-electron chi connectivity index (χ4n) is 17.0. The smallest absolute Gasteiger partial charge is 0.343 e. The zero-order valence-corrected chi connectivity index (χ0v) is 85.9. The molecule has 0 N–H and O–H groups in total. The quantitative estimate of drug-likeness (QED) is 0.0197. The van der Waals surface area contributed by atoms with Gasteiger partial charge in [-0.3, -0.25) is 0 Å². The Hall–Kier alpha value is -9.84. The number of rotatable bonds is 84. The summed E-state index contributed by atoms with van der Waals surface area (Å²) in [6.07, 6.45) is 71.1. The highest BCUT2D eigenvalue weighted by Gasteiger charge is 2.26. The van der Waals surface area contributed by atoms with Gasteiger partial charge in [-0.05, 0) is 148 Å². The molecule has 0 aliphatic rings. The van der Waals surface area contributed by atoms with Gasteiger partial charge in [-0.2, -0.15) is 0 Å². The molecular formula is C120H174O18. The Bertz CT molecular complexity index is 4070. The predicted molar refractivity (Wildman–Crippen MR) is 559 cm³/mol. The summed E-state index contributed by atoms with van der Waals surface area (Å²) >= 11 is 0. The van der Waals surface area contributed by atoms with Crippen LogP contribution in [0.4, 0.5) is 0 Å². The predicted octanol–water partition coefficient (Wildman–Crippen LogP) is 34.8. The van der Waals surface area contributed by atoms with E-state index in [4.69, 9.17) is 56.8 Å². The molecule has 0 heterocycles. The molecule has 762 valence electrons. The third-order valence-electron chi connectivity index (χ3n) is 25.4. The van der Waals surface area contributed by atoms with E-state index >= 15 is 0 Å². The lowest BCUT2D eigenvalue weighted by Gasteiger charge is -2.19. The summed E-state index contributed by atoms with van der Waals surface area (Å²) in [7, 11) is 0. The van der Waals surface area contributed by atoms with Crippen molar-refractivity contribution in [3.05, 3.63) is 179 Å². The number of hydrogen-bond acceptors (Lipinski definition) is 18. The summed E-state index contributed by atoms with van der Waals surface area (Å²) in [4.78, 5) is 84.7. The lowest BCUT2D eigenvalue weighted by Crippen LogP contribution is -2.13. The molecule has 138 heavy (non-hydrogen) atoms. The van der Waals surface area contributed by atoms with Crippen molar-refractivity contribution in [3.63, 3.8) is 0 Å². The number of hydrogen-bond donors (Lipinski definition) is 0. The van der Waals surface area contributed by atoms with Crippen LogP contribution in [-0.2, 0) is 0 Å². The van der Waals surface area contributed by atoms with Crippen LogP contribution < -0.4 is 56.8 Å². The maximum atomic E-state index is 14.5. The van der Waals surface area contributed by atoms with Crippen LogP contribution in [-0.4, -0.2) is 75.5 Å². The second kappa shape index (κ2) is 75.1. The van der Waals surface area contributed by atoms with E-state index in [2.05, 4.69) is 41.5 Å². The molecule has 0 aliphatic heterocycles. The molecule has 7 aromatic carbocycles. The SMILES string of the molecule is CCCCCCCCCCCCOc1cc(C(=O)Oc2ccc(C(=O)Oc3cc(OC(=O)c4ccc(OC(=O)c5ccccc5)cc4)cc(OC(=O)c4ccc(OC(=O)c5cc(OCCCCCCCCCCCC)c(OCCCCCCCCCCCC)c(OCCCCCCCCCCCC)c5)cc4)c3)cc2)cc(OCCCCCCCCCCCC)c1OCCCCCCCCCCCC. The molecule has 0 spiro atoms. The molecule has 18 nitrogen and oxygen atoms in total. The van der Waals surface area contributed by atoms with Crippen LogP contribution in [0.1, 0.15) is 489 Å². The zero-order chi connectivity index (χ0) is 98.0. The van der Waals surface area contributed by atoms with E-state index in [9.17, 15) is 28.8 Å². The number of esters is 6. The molecule has 7 rings (SSSR count). The van der Waals surface area contributed by atoms with E-state index in [1.165, 1.54) is 361 Å². The van der Waals surface area contributed by atoms with Crippen LogP contribution in [0.5, 0.6) is 69.0 Å². The van der Waals surface area contributed by atoms with Crippen molar-refractivity contribution in [1.82, 2.24) is 0 Å². The van der Waals surface area contributed by atoms with Gasteiger partial charge in [0.15, 0.2) is 23.0 Å². The zero-order valence-electron chi connectivity index (χ0n) is 85.9. The van der Waals surface area contributed by atoms with Crippen molar-refractivity contribution in [3.8, 4) is 69.0 Å². The van der Waals surface area contributed by atoms with E-state index in [0.717, 1.165) is 116 Å². The number of benzene rings is 7. The first-order valence-corrected chi connectivity index (χ1v) is 54.8. The van der Waals surface area contributed by atoms with Gasteiger partial charge in [0.1, 0.15) is 34.5 Å². The van der Waals surface area contributed by atoms with Crippen LogP contribution in [0.15, 0.2) is 146 Å². The number of carbonyl (C=O) groups excluding carboxylic acids is 6. The molecule has 7 aromatic rings. The van der Waals surface area contributed by atoms with Crippen LogP contribution in [0, 0.1) is 0 Å². The Kier molecular flexibility index (Phi) is 62.7. The molecule has 0 fully saturated rings. The third-order valence-corrected chi connectivity index (χ3v) is 25.4. The summed E-state index contributed by atoms with van der Waals surface area (Å²) in [5.74, 6) is -1.85. The average Bonchev–Trinajstić information content (AvgIpc) is 0.823. The Labute approximate surface area is 831 Å². The van der Waals surface area contributed by atoms with Gasteiger partial charge in [0.25, 0.3) is 0 Å². The largest absolute Gasteiger partial charge is 0.490 e. The van der Waals surface area contributed by atoms with Gasteiger partial charge in [0.2, 0.25) is 11.5 Å². The fraction of sp³-hybridized carbons (Fsp3) is 0.600. The summed E-state index contributed by atoms with van der Waals surface area (Å²) < 4.78 is 75.3. The van der Waals surface area contributed by atoms with Crippen molar-refractivity contribution in [2.45, 2.75) is 427 Å². The Morgan fingerprint density at radius 3 is 0.514 bits per heavy atom. The van der Waals surface area contributed by atoms with E-state index in [1.54, 1.807) is 54.6 Å². The lowest BCUT2D eigenvalue weighted by molar-refractivity contribution is 0.0715. The molecule has 0 saturated carbocycles. The maximum absolute atomic E-state index is 14.5. The first kappa shape index (κ1) is 115. The Balaban J connectivity index is 1.10. The van der Waals surface area contributed by atoms with E-state index in [-0.39, 0.29) is 62.3 Å². The minimum absolute atomic E-state index is 0.0568. The fourth-order valence-corrected chi connectivity index (χ4v) is 17.0. The third kappa shape index (κ3) is 50.3. The van der Waals surface area contributed by atoms with Crippen molar-refractivity contribution in [2.75, 3.05) is 39.6 Å². The topological polar surface area (TPSA) is 213 Å². The molecule has 0 atom stereocenters. The molecule has 0 aromatic heterocycles. The highest BCUT2D eigenvalue weighted by Crippen LogP contribution is 2.43. The maximum Gasteiger partial charge on any atom is 0.343 e. The van der Waals surface area contributed by atoms with Gasteiger partial charge in [-0.15, -0.1) is 0 Å². The molecule has 0 unspecified atom stereocenters. The minimum Gasteiger partial charge on any atom is -0.490 e. The summed E-state index contributed by atoms with van der Waals surface area (Å²) in [5.41, 5.74) is 0.943. The van der Waals surface area contributed by atoms with E-state index in [0.29, 0.717) is 79.7 Å². The van der Waals surface area contributed by atoms with Crippen LogP contribution in [0.25, 0.3) is 0 Å². The molecule has 0 bridgehead atoms. The second-order valence-corrected chi connectivity index (χ2v) is 37.7. The van der Waals surface area contributed by atoms with E-state index < -0.39 is 35.8 Å². The standard InChI is InChI=1S/C120H174O18/c1-7-13-19-25-31-37-43-49-55-64-84-127-109-90-101(91-110(128-85-65-56-50-44-38-32-26-20-14-8-2)113(109)131-88-68-59-53-47-41-35-29-23-17-11-5)119(125)134-104-80-74-99(75-81-104)117(123)137-107-94-106(136-116(122)98-72-78-103(79-73-98)133-115(121)97-70-62-61-63-71-97)95-108(96-107)138-118(124)100-76-82-105(83-77-100)135-120(126)102-92-111(129-86-66-57-51-45-39-33-27-21-15-9-3)114(132-89-69-60-54-48-42-36-30-24-18-12-6)112(93-102)130-87-67-58-52-46-40-34-28-22-16-10-4/h61-63,70-83,90-96H,7-60,64-69,84-89H2,1-6H3. The second-order valence-electron chi connectivity index (χ2n) is 37.7. The van der Waals surface area contributed by atoms with Crippen molar-refractivity contribution < 1.29 is 85.6 Å². The van der Waals surface area contributed by atoms with Gasteiger partial charge in [-0.25, -0.2) is 28.8 Å². The molecule has 0 aliphatic carbocycles. The molecule has 0 saturated heterocycles. The van der Waals surface area contributed by atoms with Crippen molar-refractivity contribution in [1.29, 1.82) is 0 Å². The number of ether oxygens (including phenoxy) is 12. The van der Waals surface area contributed by atoms with Gasteiger partial charge in [0, 0.05) is 18.2 Å². The minimum atomic E-state index is -0.855. The summed E-state index contributed by atoms with van der Waals surface area (Å²) in [5, 5.41) is 0. The first-order valence-electron chi connectivity index (χ1n) is 54.8. The molecule has 0 radical (unpaired) electrons. The van der Waals surface area contributed by atoms with Crippen LogP contribution in [0.3, 0.4) is 0 Å². The van der Waals surface area contributed by atoms with Crippen LogP contribution >= 0.6 is 0 Å². The Morgan fingerprint density at radius 1 is 0.159 bits per heavy atom. The summed E-state index contributed by atoms with van der Waals surface area (Å²) in [6.45, 7) is 16.2. The lowest BCUT2D eigenvalue weighted by atomic mass is 10.1. The Morgan fingerprint density at radius 2 is 0.319 bits per heavy atom. The normalized spacial score (nSPS) is 11.2. The summed E-state index contributed by atoms with van der Waals surface area (Å²) in [6, 6.07) is 36.6. The monoisotopic (exact) mass is 1900 g/mol. The molecular weight excluding hydrogens is 1730 g/mol. The number of unbranched alkanes of at least 4 members (excludes halogenated alkanes) is 54. The molecule has 18 heteroatoms. The number of carbonyl (C=O) groups is 6. The van der Waals surface area contributed by atoms with Gasteiger partial charge in [-0.1, -0.05) is 406 Å². The highest BCUT2D eigenvalue weighted by atomic mass is 16.6. The van der Waals surface area contributed by atoms with Gasteiger partial charge in [0.05, 0.1) is 73.0 Å². The van der Waals surface area contributed by atoms with Crippen molar-refractivity contribution >= 4 is 35.8 Å². The molecule has 0 amide bonds. The van der Waals surface area contributed by atoms with Gasteiger partial charge >= 0.3 is 35.8 Å². The first-order chi connectivity index (χ1) is 67.8. The van der Waals surface area contributed by atoms with E-state index in [1.807, 2.05) is 0 Å². The van der Waals surface area contributed by atoms with Crippen LogP contribution in [0.2, 0.25) is 0 Å². The van der Waals surface area contributed by atoms with Crippen molar-refractivity contribution in [2.24, 2.45) is 0 Å².